The van der Waals surface area contributed by atoms with E-state index in [1.807, 2.05) is 66.9 Å². The van der Waals surface area contributed by atoms with E-state index >= 15 is 0 Å². The van der Waals surface area contributed by atoms with Gasteiger partial charge in [-0.1, -0.05) is 48.5 Å². The van der Waals surface area contributed by atoms with Crippen molar-refractivity contribution in [3.8, 4) is 16.9 Å². The van der Waals surface area contributed by atoms with E-state index in [4.69, 9.17) is 5.73 Å². The highest BCUT2D eigenvalue weighted by Gasteiger charge is 2.09. The van der Waals surface area contributed by atoms with E-state index in [1.165, 1.54) is 0 Å². The number of pyridine rings is 1. The molecule has 0 aliphatic carbocycles. The Morgan fingerprint density at radius 1 is 0.880 bits per heavy atom. The summed E-state index contributed by atoms with van der Waals surface area (Å²) in [6, 6.07) is 21.7. The van der Waals surface area contributed by atoms with Crippen LogP contribution in [-0.4, -0.2) is 10.1 Å². The lowest BCUT2D eigenvalue weighted by Gasteiger charge is -2.11. The van der Waals surface area contributed by atoms with Crippen LogP contribution < -0.4 is 5.73 Å². The van der Waals surface area contributed by atoms with Crippen LogP contribution in [0.3, 0.4) is 0 Å². The van der Waals surface area contributed by atoms with Crippen LogP contribution in [0, 0.1) is 0 Å². The summed E-state index contributed by atoms with van der Waals surface area (Å²) in [6.07, 6.45) is 4.22. The van der Waals surface area contributed by atoms with Crippen molar-refractivity contribution >= 4 is 16.5 Å². The van der Waals surface area contributed by atoms with Crippen molar-refractivity contribution in [1.82, 2.24) is 4.98 Å². The molecule has 0 bridgehead atoms. The smallest absolute Gasteiger partial charge is 0.119 e. The average Bonchev–Trinajstić information content (AvgIpc) is 2.65. The number of aromatic nitrogens is 1. The molecule has 0 spiro atoms. The van der Waals surface area contributed by atoms with Crippen LogP contribution in [-0.2, 0) is 6.42 Å². The van der Waals surface area contributed by atoms with Gasteiger partial charge in [0.2, 0.25) is 0 Å². The summed E-state index contributed by atoms with van der Waals surface area (Å²) in [4.78, 5) is 4.12. The lowest BCUT2D eigenvalue weighted by molar-refractivity contribution is 0.469. The Bertz CT molecular complexity index is 1040. The van der Waals surface area contributed by atoms with E-state index in [9.17, 15) is 5.11 Å². The molecule has 122 valence electrons. The fraction of sp³-hybridized carbons (Fsp3) is 0.0455. The van der Waals surface area contributed by atoms with Crippen molar-refractivity contribution in [2.45, 2.75) is 6.42 Å². The number of phenols is 1. The predicted molar refractivity (Wildman–Crippen MR) is 103 cm³/mol. The van der Waals surface area contributed by atoms with Gasteiger partial charge in [0.1, 0.15) is 5.75 Å². The van der Waals surface area contributed by atoms with Gasteiger partial charge in [0, 0.05) is 29.9 Å². The van der Waals surface area contributed by atoms with E-state index in [-0.39, 0.29) is 0 Å². The molecule has 0 atom stereocenters. The number of fused-ring (bicyclic) bond motifs is 1. The normalized spacial score (nSPS) is 10.9. The quantitative estimate of drug-likeness (QED) is 0.533. The first kappa shape index (κ1) is 15.2. The highest BCUT2D eigenvalue weighted by Crippen LogP contribution is 2.34. The summed E-state index contributed by atoms with van der Waals surface area (Å²) >= 11 is 0. The number of hydrogen-bond acceptors (Lipinski definition) is 3. The van der Waals surface area contributed by atoms with Gasteiger partial charge >= 0.3 is 0 Å². The van der Waals surface area contributed by atoms with Crippen LogP contribution in [0.5, 0.6) is 5.75 Å². The van der Waals surface area contributed by atoms with Gasteiger partial charge in [-0.25, -0.2) is 0 Å². The molecular formula is C22H18N2O. The van der Waals surface area contributed by atoms with Crippen molar-refractivity contribution in [3.63, 3.8) is 0 Å². The lowest BCUT2D eigenvalue weighted by atomic mass is 9.95. The van der Waals surface area contributed by atoms with Crippen LogP contribution in [0.4, 0.5) is 5.69 Å². The van der Waals surface area contributed by atoms with Gasteiger partial charge in [-0.05, 0) is 45.8 Å². The van der Waals surface area contributed by atoms with Gasteiger partial charge in [0.15, 0.2) is 0 Å². The standard InChI is InChI=1S/C22H18N2O/c23-21-10-9-18(19-5-1-2-6-20(19)21)16-7-8-17(22(25)13-16)12-15-4-3-11-24-14-15/h1-11,13-14,25H,12,23H2. The molecule has 3 aromatic carbocycles. The molecule has 0 amide bonds. The number of nitrogen functional groups attached to an aromatic ring is 1. The Labute approximate surface area is 146 Å². The lowest BCUT2D eigenvalue weighted by Crippen LogP contribution is -1.92. The molecule has 3 heteroatoms. The Hall–Kier alpha value is -3.33. The van der Waals surface area contributed by atoms with E-state index in [1.54, 1.807) is 6.20 Å². The van der Waals surface area contributed by atoms with Gasteiger partial charge in [-0.2, -0.15) is 0 Å². The summed E-state index contributed by atoms with van der Waals surface area (Å²) in [7, 11) is 0. The number of nitrogens with two attached hydrogens (primary N) is 1. The molecule has 0 saturated heterocycles. The van der Waals surface area contributed by atoms with E-state index < -0.39 is 0 Å². The third-order valence-corrected chi connectivity index (χ3v) is 4.47. The molecule has 0 aliphatic heterocycles. The first-order valence-corrected chi connectivity index (χ1v) is 8.21. The Balaban J connectivity index is 1.76. The minimum atomic E-state index is 0.294. The second kappa shape index (κ2) is 6.29. The maximum atomic E-state index is 10.5. The zero-order valence-corrected chi connectivity index (χ0v) is 13.7. The molecule has 4 rings (SSSR count). The van der Waals surface area contributed by atoms with Crippen LogP contribution in [0.2, 0.25) is 0 Å². The number of hydrogen-bond donors (Lipinski definition) is 2. The van der Waals surface area contributed by atoms with Crippen molar-refractivity contribution < 1.29 is 5.11 Å². The number of rotatable bonds is 3. The largest absolute Gasteiger partial charge is 0.508 e. The molecule has 4 aromatic rings. The molecule has 1 aromatic heterocycles. The second-order valence-corrected chi connectivity index (χ2v) is 6.13. The van der Waals surface area contributed by atoms with Crippen molar-refractivity contribution in [1.29, 1.82) is 0 Å². The minimum absolute atomic E-state index is 0.294. The molecular weight excluding hydrogens is 308 g/mol. The van der Waals surface area contributed by atoms with Crippen molar-refractivity contribution in [2.75, 3.05) is 5.73 Å². The fourth-order valence-corrected chi connectivity index (χ4v) is 3.18. The van der Waals surface area contributed by atoms with Crippen LogP contribution in [0.1, 0.15) is 11.1 Å². The topological polar surface area (TPSA) is 59.1 Å². The third kappa shape index (κ3) is 2.92. The van der Waals surface area contributed by atoms with Crippen molar-refractivity contribution in [2.24, 2.45) is 0 Å². The molecule has 0 fully saturated rings. The zero-order chi connectivity index (χ0) is 17.2. The number of aromatic hydroxyl groups is 1. The van der Waals surface area contributed by atoms with Crippen LogP contribution in [0.25, 0.3) is 21.9 Å². The zero-order valence-electron chi connectivity index (χ0n) is 13.7. The monoisotopic (exact) mass is 326 g/mol. The van der Waals surface area contributed by atoms with E-state index in [0.29, 0.717) is 12.2 Å². The number of anilines is 1. The van der Waals surface area contributed by atoms with Crippen LogP contribution >= 0.6 is 0 Å². The predicted octanol–water partition coefficient (Wildman–Crippen LogP) is 4.78. The summed E-state index contributed by atoms with van der Waals surface area (Å²) in [5.41, 5.74) is 10.8. The Kier molecular flexibility index (Phi) is 3.82. The highest BCUT2D eigenvalue weighted by atomic mass is 16.3. The van der Waals surface area contributed by atoms with Gasteiger partial charge in [0.05, 0.1) is 0 Å². The summed E-state index contributed by atoms with van der Waals surface area (Å²) < 4.78 is 0. The fourth-order valence-electron chi connectivity index (χ4n) is 3.18. The molecule has 0 radical (unpaired) electrons. The maximum absolute atomic E-state index is 10.5. The van der Waals surface area contributed by atoms with Crippen LogP contribution in [0.15, 0.2) is 79.1 Å². The maximum Gasteiger partial charge on any atom is 0.119 e. The first-order valence-electron chi connectivity index (χ1n) is 8.21. The summed E-state index contributed by atoms with van der Waals surface area (Å²) in [5.74, 6) is 0.294. The average molecular weight is 326 g/mol. The number of phenolic OH excluding ortho intramolecular Hbond substituents is 1. The molecule has 3 N–H and O–H groups in total. The Morgan fingerprint density at radius 2 is 1.72 bits per heavy atom. The van der Waals surface area contributed by atoms with Crippen molar-refractivity contribution in [3.05, 3.63) is 90.3 Å². The molecule has 0 saturated carbocycles. The SMILES string of the molecule is Nc1ccc(-c2ccc(Cc3cccnc3)c(O)c2)c2ccccc12. The molecule has 25 heavy (non-hydrogen) atoms. The van der Waals surface area contributed by atoms with E-state index in [0.717, 1.165) is 38.7 Å². The molecule has 0 unspecified atom stereocenters. The van der Waals surface area contributed by atoms with Gasteiger partial charge in [-0.3, -0.25) is 4.98 Å². The molecule has 1 heterocycles. The highest BCUT2D eigenvalue weighted by molar-refractivity contribution is 6.02. The number of benzene rings is 3. The first-order chi connectivity index (χ1) is 12.2. The molecule has 0 aliphatic rings. The Morgan fingerprint density at radius 3 is 2.48 bits per heavy atom. The van der Waals surface area contributed by atoms with Gasteiger partial charge < -0.3 is 10.8 Å². The minimum Gasteiger partial charge on any atom is -0.508 e. The van der Waals surface area contributed by atoms with Gasteiger partial charge in [-0.15, -0.1) is 0 Å². The van der Waals surface area contributed by atoms with E-state index in [2.05, 4.69) is 11.1 Å². The molecule has 3 nitrogen and oxygen atoms in total. The van der Waals surface area contributed by atoms with Gasteiger partial charge in [0.25, 0.3) is 0 Å². The third-order valence-electron chi connectivity index (χ3n) is 4.47. The number of nitrogens with zero attached hydrogens (tertiary/aromatic N) is 1. The summed E-state index contributed by atoms with van der Waals surface area (Å²) in [6.45, 7) is 0. The summed E-state index contributed by atoms with van der Waals surface area (Å²) in [5, 5.41) is 12.6. The second-order valence-electron chi connectivity index (χ2n) is 6.13.